The summed E-state index contributed by atoms with van der Waals surface area (Å²) in [5, 5.41) is 5.38. The fourth-order valence-electron chi connectivity index (χ4n) is 2.56. The molecule has 2 aliphatic heterocycles. The van der Waals surface area contributed by atoms with Gasteiger partial charge in [-0.25, -0.2) is 10.4 Å². The van der Waals surface area contributed by atoms with E-state index < -0.39 is 0 Å². The number of nitrogens with one attached hydrogen (secondary N) is 2. The number of hydrogen-bond acceptors (Lipinski definition) is 6. The van der Waals surface area contributed by atoms with Crippen LogP contribution in [0.2, 0.25) is 0 Å². The molecule has 2 heterocycles. The average Bonchev–Trinajstić information content (AvgIpc) is 2.53. The fraction of sp³-hybridized carbons (Fsp3) is 0.533. The predicted molar refractivity (Wildman–Crippen MR) is 81.8 cm³/mol. The second-order valence-electron chi connectivity index (χ2n) is 5.53. The normalized spacial score (nSPS) is 19.5. The molecule has 0 radical (unpaired) electrons. The second-order valence-corrected chi connectivity index (χ2v) is 5.53. The van der Waals surface area contributed by atoms with E-state index >= 15 is 0 Å². The van der Waals surface area contributed by atoms with E-state index in [9.17, 15) is 4.79 Å². The number of hydrogen-bond donors (Lipinski definition) is 2. The number of piperazine rings is 1. The van der Waals surface area contributed by atoms with Crippen LogP contribution in [0.25, 0.3) is 0 Å². The Labute approximate surface area is 125 Å². The Bertz CT molecular complexity index is 512. The summed E-state index contributed by atoms with van der Waals surface area (Å²) in [5.74, 6) is 0.925. The van der Waals surface area contributed by atoms with Crippen molar-refractivity contribution in [2.75, 3.05) is 58.2 Å². The topological polar surface area (TPSA) is 56.8 Å². The molecule has 1 aromatic rings. The molecule has 21 heavy (non-hydrogen) atoms. The van der Waals surface area contributed by atoms with Crippen molar-refractivity contribution in [3.63, 3.8) is 0 Å². The van der Waals surface area contributed by atoms with Crippen molar-refractivity contribution in [3.05, 3.63) is 23.8 Å². The summed E-state index contributed by atoms with van der Waals surface area (Å²) in [7, 11) is 2.12. The quantitative estimate of drug-likeness (QED) is 0.784. The first-order valence-corrected chi connectivity index (χ1v) is 7.43. The van der Waals surface area contributed by atoms with Gasteiger partial charge in [0, 0.05) is 38.3 Å². The molecule has 6 heteroatoms. The van der Waals surface area contributed by atoms with E-state index in [1.54, 1.807) is 0 Å². The number of nitrogens with zero attached hydrogens (tertiary/aromatic N) is 2. The Hall–Kier alpha value is -1.63. The highest BCUT2D eigenvalue weighted by Crippen LogP contribution is 2.28. The molecule has 0 aliphatic carbocycles. The van der Waals surface area contributed by atoms with Gasteiger partial charge in [0.05, 0.1) is 12.2 Å². The SMILES string of the molecule is CN1CCN(NCC(=O)c2ccc3c(c2)NCCO3)CC1. The van der Waals surface area contributed by atoms with E-state index in [0.717, 1.165) is 44.2 Å². The number of likely N-dealkylation sites (N-methyl/N-ethyl adjacent to an activating group) is 1. The zero-order chi connectivity index (χ0) is 14.7. The zero-order valence-electron chi connectivity index (χ0n) is 12.4. The molecule has 1 aromatic carbocycles. The van der Waals surface area contributed by atoms with Gasteiger partial charge in [0.25, 0.3) is 0 Å². The van der Waals surface area contributed by atoms with Crippen LogP contribution in [0.1, 0.15) is 10.4 Å². The number of ether oxygens (including phenoxy) is 1. The van der Waals surface area contributed by atoms with Crippen LogP contribution in [0.15, 0.2) is 18.2 Å². The minimum Gasteiger partial charge on any atom is -0.490 e. The third kappa shape index (κ3) is 3.53. The number of ketones is 1. The van der Waals surface area contributed by atoms with Gasteiger partial charge in [0.1, 0.15) is 12.4 Å². The van der Waals surface area contributed by atoms with Crippen molar-refractivity contribution in [2.45, 2.75) is 0 Å². The minimum atomic E-state index is 0.101. The monoisotopic (exact) mass is 290 g/mol. The highest BCUT2D eigenvalue weighted by Gasteiger charge is 2.16. The molecule has 0 unspecified atom stereocenters. The fourth-order valence-corrected chi connectivity index (χ4v) is 2.56. The maximum Gasteiger partial charge on any atom is 0.178 e. The molecule has 3 rings (SSSR count). The number of carbonyl (C=O) groups is 1. The van der Waals surface area contributed by atoms with Crippen molar-refractivity contribution < 1.29 is 9.53 Å². The summed E-state index contributed by atoms with van der Waals surface area (Å²) in [4.78, 5) is 14.6. The molecule has 114 valence electrons. The van der Waals surface area contributed by atoms with Gasteiger partial charge in [-0.2, -0.15) is 0 Å². The van der Waals surface area contributed by atoms with E-state index in [4.69, 9.17) is 4.74 Å². The number of anilines is 1. The Morgan fingerprint density at radius 2 is 2.14 bits per heavy atom. The molecule has 0 atom stereocenters. The van der Waals surface area contributed by atoms with Crippen molar-refractivity contribution >= 4 is 11.5 Å². The van der Waals surface area contributed by atoms with Crippen LogP contribution in [0.3, 0.4) is 0 Å². The van der Waals surface area contributed by atoms with Crippen molar-refractivity contribution in [3.8, 4) is 5.75 Å². The molecule has 0 bridgehead atoms. The van der Waals surface area contributed by atoms with E-state index in [1.165, 1.54) is 0 Å². The highest BCUT2D eigenvalue weighted by molar-refractivity contribution is 5.98. The summed E-state index contributed by atoms with van der Waals surface area (Å²) in [6.07, 6.45) is 0. The first kappa shape index (κ1) is 14.3. The van der Waals surface area contributed by atoms with E-state index in [0.29, 0.717) is 18.7 Å². The highest BCUT2D eigenvalue weighted by atomic mass is 16.5. The molecule has 0 saturated carbocycles. The van der Waals surface area contributed by atoms with Gasteiger partial charge in [-0.1, -0.05) is 0 Å². The Morgan fingerprint density at radius 3 is 2.95 bits per heavy atom. The van der Waals surface area contributed by atoms with Gasteiger partial charge in [0.2, 0.25) is 0 Å². The summed E-state index contributed by atoms with van der Waals surface area (Å²) >= 11 is 0. The molecule has 6 nitrogen and oxygen atoms in total. The summed E-state index contributed by atoms with van der Waals surface area (Å²) in [6, 6.07) is 5.58. The van der Waals surface area contributed by atoms with Gasteiger partial charge < -0.3 is 15.0 Å². The Morgan fingerprint density at radius 1 is 1.33 bits per heavy atom. The smallest absolute Gasteiger partial charge is 0.178 e. The summed E-state index contributed by atoms with van der Waals surface area (Å²) in [6.45, 7) is 5.74. The van der Waals surface area contributed by atoms with Crippen molar-refractivity contribution in [1.82, 2.24) is 15.3 Å². The first-order chi connectivity index (χ1) is 10.2. The molecule has 0 amide bonds. The lowest BCUT2D eigenvalue weighted by molar-refractivity contribution is 0.0838. The van der Waals surface area contributed by atoms with E-state index in [2.05, 4.69) is 27.7 Å². The third-order valence-electron chi connectivity index (χ3n) is 3.94. The van der Waals surface area contributed by atoms with Crippen LogP contribution in [0, 0.1) is 0 Å². The van der Waals surface area contributed by atoms with Crippen molar-refractivity contribution in [1.29, 1.82) is 0 Å². The number of fused-ring (bicyclic) bond motifs is 1. The molecular weight excluding hydrogens is 268 g/mol. The predicted octanol–water partition coefficient (Wildman–Crippen LogP) is 0.426. The van der Waals surface area contributed by atoms with Gasteiger partial charge in [-0.3, -0.25) is 4.79 Å². The molecule has 2 aliphatic rings. The molecular formula is C15H22N4O2. The van der Waals surface area contributed by atoms with Gasteiger partial charge in [-0.15, -0.1) is 0 Å². The molecule has 1 saturated heterocycles. The molecule has 1 fully saturated rings. The van der Waals surface area contributed by atoms with Crippen LogP contribution >= 0.6 is 0 Å². The zero-order valence-corrected chi connectivity index (χ0v) is 12.4. The minimum absolute atomic E-state index is 0.101. The number of carbonyl (C=O) groups excluding carboxylic acids is 1. The maximum atomic E-state index is 12.3. The average molecular weight is 290 g/mol. The van der Waals surface area contributed by atoms with Gasteiger partial charge in [0.15, 0.2) is 5.78 Å². The number of rotatable bonds is 4. The van der Waals surface area contributed by atoms with Crippen LogP contribution < -0.4 is 15.5 Å². The number of benzene rings is 1. The standard InChI is InChI=1S/C15H22N4O2/c1-18-5-7-19(8-6-18)17-11-14(20)12-2-3-15-13(10-12)16-4-9-21-15/h2-3,10,16-17H,4-9,11H2,1H3. The molecule has 0 spiro atoms. The van der Waals surface area contributed by atoms with Crippen LogP contribution in [-0.4, -0.2) is 68.6 Å². The maximum absolute atomic E-state index is 12.3. The Balaban J connectivity index is 1.55. The van der Waals surface area contributed by atoms with Crippen LogP contribution in [-0.2, 0) is 0 Å². The number of Topliss-reactive ketones (excluding diaryl/α,β-unsaturated/α-hetero) is 1. The first-order valence-electron chi connectivity index (χ1n) is 7.43. The molecule has 2 N–H and O–H groups in total. The third-order valence-corrected chi connectivity index (χ3v) is 3.94. The van der Waals surface area contributed by atoms with Crippen LogP contribution in [0.4, 0.5) is 5.69 Å². The van der Waals surface area contributed by atoms with Crippen LogP contribution in [0.5, 0.6) is 5.75 Å². The summed E-state index contributed by atoms with van der Waals surface area (Å²) in [5.41, 5.74) is 4.85. The lowest BCUT2D eigenvalue weighted by atomic mass is 10.1. The molecule has 0 aromatic heterocycles. The lowest BCUT2D eigenvalue weighted by Crippen LogP contribution is -2.51. The second kappa shape index (κ2) is 6.43. The van der Waals surface area contributed by atoms with Gasteiger partial charge in [-0.05, 0) is 25.2 Å². The van der Waals surface area contributed by atoms with Gasteiger partial charge >= 0.3 is 0 Å². The largest absolute Gasteiger partial charge is 0.490 e. The summed E-state index contributed by atoms with van der Waals surface area (Å²) < 4.78 is 5.52. The number of hydrazine groups is 1. The van der Waals surface area contributed by atoms with E-state index in [-0.39, 0.29) is 5.78 Å². The van der Waals surface area contributed by atoms with E-state index in [1.807, 2.05) is 18.2 Å². The lowest BCUT2D eigenvalue weighted by Gasteiger charge is -2.32. The van der Waals surface area contributed by atoms with Crippen molar-refractivity contribution in [2.24, 2.45) is 0 Å². The Kier molecular flexibility index (Phi) is 4.38.